The Bertz CT molecular complexity index is 502. The fraction of sp³-hybridized carbons (Fsp3) is 0.556. The van der Waals surface area contributed by atoms with Gasteiger partial charge in [-0.2, -0.15) is 0 Å². The van der Waals surface area contributed by atoms with Crippen molar-refractivity contribution in [1.82, 2.24) is 0 Å². The molecule has 1 aromatic rings. The van der Waals surface area contributed by atoms with Crippen LogP contribution in [0.5, 0.6) is 0 Å². The van der Waals surface area contributed by atoms with E-state index in [4.69, 9.17) is 9.47 Å². The van der Waals surface area contributed by atoms with Gasteiger partial charge in [-0.15, -0.1) is 0 Å². The molecule has 0 fully saturated rings. The Morgan fingerprint density at radius 3 is 1.74 bits per heavy atom. The highest BCUT2D eigenvalue weighted by molar-refractivity contribution is 5.97. The number of hydrogen-bond acceptors (Lipinski definition) is 4. The second kappa shape index (κ2) is 8.65. The molecule has 5 heteroatoms. The minimum absolute atomic E-state index is 0.182. The zero-order valence-corrected chi connectivity index (χ0v) is 14.2. The lowest BCUT2D eigenvalue weighted by atomic mass is 9.66. The number of esters is 2. The van der Waals surface area contributed by atoms with E-state index in [1.54, 1.807) is 26.0 Å². The number of carbonyl (C=O) groups excluding carboxylic acids is 2. The maximum absolute atomic E-state index is 13.3. The highest BCUT2D eigenvalue weighted by Crippen LogP contribution is 2.40. The van der Waals surface area contributed by atoms with Crippen molar-refractivity contribution in [3.63, 3.8) is 0 Å². The summed E-state index contributed by atoms with van der Waals surface area (Å²) >= 11 is 0. The molecule has 4 nitrogen and oxygen atoms in total. The fourth-order valence-electron chi connectivity index (χ4n) is 3.01. The van der Waals surface area contributed by atoms with Crippen LogP contribution in [0.2, 0.25) is 0 Å². The minimum Gasteiger partial charge on any atom is -0.465 e. The molecule has 0 aliphatic carbocycles. The van der Waals surface area contributed by atoms with Crippen LogP contribution in [0.15, 0.2) is 24.3 Å². The molecule has 23 heavy (non-hydrogen) atoms. The molecule has 0 saturated heterocycles. The second-order valence-electron chi connectivity index (χ2n) is 5.31. The third-order valence-electron chi connectivity index (χ3n) is 4.28. The van der Waals surface area contributed by atoms with Crippen LogP contribution in [0.1, 0.15) is 46.1 Å². The van der Waals surface area contributed by atoms with Gasteiger partial charge >= 0.3 is 11.9 Å². The standard InChI is InChI=1S/C18H25FO4/c1-5-18(6-2,13-9-11-14(19)12-10-13)15(16(20)22-7-3)17(21)23-8-4/h9-12,15H,5-8H2,1-4H3. The minimum atomic E-state index is -1.07. The zero-order valence-electron chi connectivity index (χ0n) is 14.2. The van der Waals surface area contributed by atoms with E-state index in [0.717, 1.165) is 5.56 Å². The van der Waals surface area contributed by atoms with E-state index in [1.807, 2.05) is 13.8 Å². The number of benzene rings is 1. The van der Waals surface area contributed by atoms with Crippen molar-refractivity contribution < 1.29 is 23.5 Å². The summed E-state index contributed by atoms with van der Waals surface area (Å²) in [5.74, 6) is -2.63. The number of rotatable bonds is 8. The number of carbonyl (C=O) groups is 2. The van der Waals surface area contributed by atoms with Crippen molar-refractivity contribution in [1.29, 1.82) is 0 Å². The first-order valence-electron chi connectivity index (χ1n) is 8.06. The van der Waals surface area contributed by atoms with Crippen LogP contribution in [-0.2, 0) is 24.5 Å². The van der Waals surface area contributed by atoms with Gasteiger partial charge in [-0.25, -0.2) is 4.39 Å². The first-order chi connectivity index (χ1) is 11.0. The van der Waals surface area contributed by atoms with Crippen molar-refractivity contribution >= 4 is 11.9 Å². The van der Waals surface area contributed by atoms with Gasteiger partial charge in [0.05, 0.1) is 13.2 Å². The molecule has 0 radical (unpaired) electrons. The Morgan fingerprint density at radius 2 is 1.39 bits per heavy atom. The smallest absolute Gasteiger partial charge is 0.321 e. The number of ether oxygens (including phenoxy) is 2. The lowest BCUT2D eigenvalue weighted by Gasteiger charge is -2.37. The molecular weight excluding hydrogens is 299 g/mol. The Balaban J connectivity index is 3.41. The van der Waals surface area contributed by atoms with Gasteiger partial charge < -0.3 is 9.47 Å². The van der Waals surface area contributed by atoms with Gasteiger partial charge in [0, 0.05) is 5.41 Å². The molecule has 0 amide bonds. The van der Waals surface area contributed by atoms with Crippen LogP contribution in [-0.4, -0.2) is 25.2 Å². The van der Waals surface area contributed by atoms with Crippen LogP contribution >= 0.6 is 0 Å². The molecule has 0 atom stereocenters. The molecule has 0 saturated carbocycles. The van der Waals surface area contributed by atoms with Gasteiger partial charge in [-0.05, 0) is 44.4 Å². The fourth-order valence-corrected chi connectivity index (χ4v) is 3.01. The van der Waals surface area contributed by atoms with Crippen molar-refractivity contribution in [2.75, 3.05) is 13.2 Å². The van der Waals surface area contributed by atoms with E-state index in [0.29, 0.717) is 12.8 Å². The molecule has 0 spiro atoms. The number of hydrogen-bond donors (Lipinski definition) is 0. The predicted molar refractivity (Wildman–Crippen MR) is 85.4 cm³/mol. The topological polar surface area (TPSA) is 52.6 Å². The lowest BCUT2D eigenvalue weighted by Crippen LogP contribution is -2.45. The van der Waals surface area contributed by atoms with Crippen LogP contribution < -0.4 is 0 Å². The summed E-state index contributed by atoms with van der Waals surface area (Å²) in [5.41, 5.74) is -0.0540. The van der Waals surface area contributed by atoms with Crippen LogP contribution in [0, 0.1) is 11.7 Å². The lowest BCUT2D eigenvalue weighted by molar-refractivity contribution is -0.166. The third kappa shape index (κ3) is 4.09. The Labute approximate surface area is 137 Å². The summed E-state index contributed by atoms with van der Waals surface area (Å²) in [6.45, 7) is 7.55. The summed E-state index contributed by atoms with van der Waals surface area (Å²) in [6, 6.07) is 5.91. The maximum atomic E-state index is 13.3. The number of halogens is 1. The largest absolute Gasteiger partial charge is 0.465 e. The quantitative estimate of drug-likeness (QED) is 0.541. The van der Waals surface area contributed by atoms with E-state index < -0.39 is 23.3 Å². The van der Waals surface area contributed by atoms with Crippen molar-refractivity contribution in [3.8, 4) is 0 Å². The van der Waals surface area contributed by atoms with Crippen molar-refractivity contribution in [3.05, 3.63) is 35.6 Å². The van der Waals surface area contributed by atoms with Gasteiger partial charge in [0.15, 0.2) is 5.92 Å². The maximum Gasteiger partial charge on any atom is 0.321 e. The molecule has 1 rings (SSSR count). The van der Waals surface area contributed by atoms with Crippen molar-refractivity contribution in [2.45, 2.75) is 46.0 Å². The second-order valence-corrected chi connectivity index (χ2v) is 5.31. The summed E-state index contributed by atoms with van der Waals surface area (Å²) in [6.07, 6.45) is 1.05. The average Bonchev–Trinajstić information content (AvgIpc) is 2.53. The third-order valence-corrected chi connectivity index (χ3v) is 4.28. The Kier molecular flexibility index (Phi) is 7.20. The first kappa shape index (κ1) is 19.1. The molecule has 0 aliphatic heterocycles. The molecule has 0 heterocycles. The molecule has 0 aliphatic rings. The zero-order chi connectivity index (χ0) is 17.5. The van der Waals surface area contributed by atoms with Gasteiger partial charge in [-0.3, -0.25) is 9.59 Å². The predicted octanol–water partition coefficient (Wildman–Crippen LogP) is 3.63. The van der Waals surface area contributed by atoms with E-state index in [9.17, 15) is 14.0 Å². The van der Waals surface area contributed by atoms with E-state index >= 15 is 0 Å². The van der Waals surface area contributed by atoms with E-state index in [2.05, 4.69) is 0 Å². The summed E-state index contributed by atoms with van der Waals surface area (Å²) in [4.78, 5) is 24.9. The van der Waals surface area contributed by atoms with E-state index in [1.165, 1.54) is 12.1 Å². The van der Waals surface area contributed by atoms with Gasteiger partial charge in [0.1, 0.15) is 5.82 Å². The summed E-state index contributed by atoms with van der Waals surface area (Å²) < 4.78 is 23.5. The van der Waals surface area contributed by atoms with Crippen LogP contribution in [0.25, 0.3) is 0 Å². The first-order valence-corrected chi connectivity index (χ1v) is 8.06. The molecule has 0 unspecified atom stereocenters. The SMILES string of the molecule is CCOC(=O)C(C(=O)OCC)C(CC)(CC)c1ccc(F)cc1. The molecular formula is C18H25FO4. The molecule has 1 aromatic carbocycles. The normalized spacial score (nSPS) is 11.4. The van der Waals surface area contributed by atoms with Gasteiger partial charge in [0.2, 0.25) is 0 Å². The van der Waals surface area contributed by atoms with Crippen LogP contribution in [0.3, 0.4) is 0 Å². The monoisotopic (exact) mass is 324 g/mol. The molecule has 0 aromatic heterocycles. The average molecular weight is 324 g/mol. The Hall–Kier alpha value is -1.91. The molecule has 0 bridgehead atoms. The van der Waals surface area contributed by atoms with Gasteiger partial charge in [0.25, 0.3) is 0 Å². The highest BCUT2D eigenvalue weighted by atomic mass is 19.1. The molecule has 0 N–H and O–H groups in total. The Morgan fingerprint density at radius 1 is 0.957 bits per heavy atom. The highest BCUT2D eigenvalue weighted by Gasteiger charge is 2.48. The molecule has 128 valence electrons. The van der Waals surface area contributed by atoms with Crippen molar-refractivity contribution in [2.24, 2.45) is 5.92 Å². The summed E-state index contributed by atoms with van der Waals surface area (Å²) in [5, 5.41) is 0. The van der Waals surface area contributed by atoms with E-state index in [-0.39, 0.29) is 19.0 Å². The summed E-state index contributed by atoms with van der Waals surface area (Å²) in [7, 11) is 0. The van der Waals surface area contributed by atoms with Crippen LogP contribution in [0.4, 0.5) is 4.39 Å². The van der Waals surface area contributed by atoms with Gasteiger partial charge in [-0.1, -0.05) is 26.0 Å².